The largest absolute Gasteiger partial charge is 0.456 e. The molecule has 4 fully saturated rings. The van der Waals surface area contributed by atoms with Gasteiger partial charge in [0.2, 0.25) is 0 Å². The Morgan fingerprint density at radius 2 is 2.00 bits per heavy atom. The molecule has 0 aromatic rings. The highest BCUT2D eigenvalue weighted by Gasteiger charge is 2.82. The standard InChI is InChI=1S/C19H26O4/c1-10(2)17(21)22-9-16(20)23-19(11(3)4)13-5-12-6-14(12)18(7-13)8-15(18)19/h11-15H,1,5-9H2,2-4H3. The average molecular weight is 318 g/mol. The summed E-state index contributed by atoms with van der Waals surface area (Å²) in [5.74, 6) is 2.15. The van der Waals surface area contributed by atoms with Crippen molar-refractivity contribution in [3.05, 3.63) is 12.2 Å². The number of carbonyl (C=O) groups excluding carboxylic acids is 2. The number of hydrogen-bond acceptors (Lipinski definition) is 4. The SMILES string of the molecule is C=C(C)C(=O)OCC(=O)OC1(C(C)C)C2CC3CC3C3(C2)CC31. The van der Waals surface area contributed by atoms with E-state index in [0.29, 0.717) is 28.7 Å². The van der Waals surface area contributed by atoms with Crippen LogP contribution in [0.2, 0.25) is 0 Å². The van der Waals surface area contributed by atoms with Crippen molar-refractivity contribution in [1.82, 2.24) is 0 Å². The van der Waals surface area contributed by atoms with Gasteiger partial charge in [-0.1, -0.05) is 20.4 Å². The average Bonchev–Trinajstić information content (AvgIpc) is 3.37. The summed E-state index contributed by atoms with van der Waals surface area (Å²) in [5.41, 5.74) is 0.446. The zero-order valence-corrected chi connectivity index (χ0v) is 14.3. The van der Waals surface area contributed by atoms with Gasteiger partial charge >= 0.3 is 11.9 Å². The van der Waals surface area contributed by atoms with Crippen LogP contribution in [-0.4, -0.2) is 24.1 Å². The molecule has 6 unspecified atom stereocenters. The Bertz CT molecular complexity index is 590. The highest BCUT2D eigenvalue weighted by Crippen LogP contribution is 2.84. The summed E-state index contributed by atoms with van der Waals surface area (Å²) in [7, 11) is 0. The Balaban J connectivity index is 1.48. The normalized spacial score (nSPS) is 45.0. The van der Waals surface area contributed by atoms with Crippen LogP contribution in [0.5, 0.6) is 0 Å². The van der Waals surface area contributed by atoms with Crippen molar-refractivity contribution in [2.24, 2.45) is 35.0 Å². The van der Waals surface area contributed by atoms with Crippen LogP contribution in [-0.2, 0) is 19.1 Å². The first-order valence-corrected chi connectivity index (χ1v) is 8.85. The monoisotopic (exact) mass is 318 g/mol. The van der Waals surface area contributed by atoms with Crippen LogP contribution < -0.4 is 0 Å². The van der Waals surface area contributed by atoms with Gasteiger partial charge in [0.15, 0.2) is 6.61 Å². The van der Waals surface area contributed by atoms with Crippen LogP contribution >= 0.6 is 0 Å². The highest BCUT2D eigenvalue weighted by atomic mass is 16.6. The fourth-order valence-electron chi connectivity index (χ4n) is 6.09. The molecule has 4 saturated carbocycles. The molecule has 4 nitrogen and oxygen atoms in total. The molecule has 0 saturated heterocycles. The fourth-order valence-corrected chi connectivity index (χ4v) is 6.09. The minimum Gasteiger partial charge on any atom is -0.456 e. The minimum absolute atomic E-state index is 0.300. The van der Waals surface area contributed by atoms with Crippen molar-refractivity contribution in [1.29, 1.82) is 0 Å². The molecule has 4 aliphatic rings. The Labute approximate surface area is 137 Å². The van der Waals surface area contributed by atoms with Crippen LogP contribution in [0.3, 0.4) is 0 Å². The van der Waals surface area contributed by atoms with Crippen molar-refractivity contribution in [2.75, 3.05) is 6.61 Å². The van der Waals surface area contributed by atoms with Crippen LogP contribution in [0.15, 0.2) is 12.2 Å². The number of esters is 2. The fraction of sp³-hybridized carbons (Fsp3) is 0.789. The molecule has 126 valence electrons. The number of ether oxygens (including phenoxy) is 2. The molecule has 0 amide bonds. The molecule has 0 aliphatic heterocycles. The highest BCUT2D eigenvalue weighted by molar-refractivity contribution is 5.88. The maximum atomic E-state index is 12.3. The summed E-state index contributed by atoms with van der Waals surface area (Å²) < 4.78 is 11.1. The van der Waals surface area contributed by atoms with Gasteiger partial charge in [-0.2, -0.15) is 0 Å². The predicted molar refractivity (Wildman–Crippen MR) is 84.3 cm³/mol. The molecule has 0 aromatic carbocycles. The molecule has 4 rings (SSSR count). The Hall–Kier alpha value is -1.32. The quantitative estimate of drug-likeness (QED) is 0.577. The molecule has 0 aromatic heterocycles. The van der Waals surface area contributed by atoms with Gasteiger partial charge in [0.05, 0.1) is 0 Å². The predicted octanol–water partition coefficient (Wildman–Crippen LogP) is 3.11. The Morgan fingerprint density at radius 1 is 1.26 bits per heavy atom. The molecule has 2 bridgehead atoms. The van der Waals surface area contributed by atoms with Gasteiger partial charge in [-0.3, -0.25) is 0 Å². The van der Waals surface area contributed by atoms with Crippen LogP contribution in [0, 0.1) is 35.0 Å². The van der Waals surface area contributed by atoms with E-state index in [2.05, 4.69) is 20.4 Å². The number of rotatable bonds is 5. The first-order valence-electron chi connectivity index (χ1n) is 8.85. The van der Waals surface area contributed by atoms with Gasteiger partial charge in [-0.15, -0.1) is 0 Å². The molecular weight excluding hydrogens is 292 g/mol. The van der Waals surface area contributed by atoms with E-state index < -0.39 is 11.9 Å². The van der Waals surface area contributed by atoms with E-state index in [9.17, 15) is 9.59 Å². The number of fused-ring (bicyclic) bond motifs is 2. The lowest BCUT2D eigenvalue weighted by molar-refractivity contribution is -0.182. The van der Waals surface area contributed by atoms with Crippen molar-refractivity contribution >= 4 is 11.9 Å². The summed E-state index contributed by atoms with van der Waals surface area (Å²) >= 11 is 0. The molecule has 4 heteroatoms. The molecular formula is C19H26O4. The molecule has 6 atom stereocenters. The zero-order valence-electron chi connectivity index (χ0n) is 14.3. The summed E-state index contributed by atoms with van der Waals surface area (Å²) in [6, 6.07) is 0. The summed E-state index contributed by atoms with van der Waals surface area (Å²) in [6.07, 6.45) is 5.06. The third-order valence-corrected chi connectivity index (χ3v) is 7.04. The molecule has 0 N–H and O–H groups in total. The van der Waals surface area contributed by atoms with Crippen LogP contribution in [0.1, 0.15) is 46.5 Å². The number of hydrogen-bond donors (Lipinski definition) is 0. The van der Waals surface area contributed by atoms with E-state index in [1.54, 1.807) is 6.92 Å². The maximum Gasteiger partial charge on any atom is 0.344 e. The van der Waals surface area contributed by atoms with Crippen LogP contribution in [0.25, 0.3) is 0 Å². The lowest BCUT2D eigenvalue weighted by Crippen LogP contribution is -2.47. The lowest BCUT2D eigenvalue weighted by Gasteiger charge is -2.41. The van der Waals surface area contributed by atoms with Crippen molar-refractivity contribution in [3.8, 4) is 0 Å². The molecule has 0 radical (unpaired) electrons. The summed E-state index contributed by atoms with van der Waals surface area (Å²) in [5, 5.41) is 0. The molecule has 4 aliphatic carbocycles. The lowest BCUT2D eigenvalue weighted by atomic mass is 9.73. The van der Waals surface area contributed by atoms with E-state index in [4.69, 9.17) is 9.47 Å². The second kappa shape index (κ2) is 4.61. The van der Waals surface area contributed by atoms with Gasteiger partial charge in [-0.05, 0) is 55.8 Å². The second-order valence-corrected chi connectivity index (χ2v) is 8.57. The summed E-state index contributed by atoms with van der Waals surface area (Å²) in [6.45, 7) is 9.14. The second-order valence-electron chi connectivity index (χ2n) is 8.57. The Morgan fingerprint density at radius 3 is 2.65 bits per heavy atom. The smallest absolute Gasteiger partial charge is 0.344 e. The zero-order chi connectivity index (χ0) is 16.6. The van der Waals surface area contributed by atoms with Gasteiger partial charge < -0.3 is 9.47 Å². The van der Waals surface area contributed by atoms with E-state index in [-0.39, 0.29) is 12.2 Å². The van der Waals surface area contributed by atoms with Crippen molar-refractivity contribution in [2.45, 2.75) is 52.1 Å². The molecule has 0 heterocycles. The minimum atomic E-state index is -0.533. The van der Waals surface area contributed by atoms with Gasteiger partial charge in [-0.25, -0.2) is 9.59 Å². The van der Waals surface area contributed by atoms with E-state index >= 15 is 0 Å². The third kappa shape index (κ3) is 1.96. The van der Waals surface area contributed by atoms with Gasteiger partial charge in [0.1, 0.15) is 5.60 Å². The molecule has 1 spiro atoms. The van der Waals surface area contributed by atoms with E-state index in [1.165, 1.54) is 25.7 Å². The van der Waals surface area contributed by atoms with Gasteiger partial charge in [0, 0.05) is 17.4 Å². The third-order valence-electron chi connectivity index (χ3n) is 7.04. The number of carbonyl (C=O) groups is 2. The first kappa shape index (κ1) is 15.2. The van der Waals surface area contributed by atoms with E-state index in [0.717, 1.165) is 11.8 Å². The molecule has 23 heavy (non-hydrogen) atoms. The summed E-state index contributed by atoms with van der Waals surface area (Å²) in [4.78, 5) is 23.8. The van der Waals surface area contributed by atoms with Crippen LogP contribution in [0.4, 0.5) is 0 Å². The maximum absolute atomic E-state index is 12.3. The Kier molecular flexibility index (Phi) is 3.05. The van der Waals surface area contributed by atoms with E-state index in [1.807, 2.05) is 0 Å². The van der Waals surface area contributed by atoms with Crippen molar-refractivity contribution < 1.29 is 19.1 Å². The first-order chi connectivity index (χ1) is 10.8. The van der Waals surface area contributed by atoms with Crippen molar-refractivity contribution in [3.63, 3.8) is 0 Å². The van der Waals surface area contributed by atoms with Gasteiger partial charge in [0.25, 0.3) is 0 Å². The topological polar surface area (TPSA) is 52.6 Å².